The second-order valence-electron chi connectivity index (χ2n) is 6.49. The number of hydrogen-bond donors (Lipinski definition) is 3. The largest absolute Gasteiger partial charge is 0.466 e. The van der Waals surface area contributed by atoms with Gasteiger partial charge in [-0.1, -0.05) is 0 Å². The lowest BCUT2D eigenvalue weighted by Gasteiger charge is -2.47. The van der Waals surface area contributed by atoms with E-state index in [1.807, 2.05) is 6.92 Å². The summed E-state index contributed by atoms with van der Waals surface area (Å²) in [5.74, 6) is -0.0488. The molecule has 6 nitrogen and oxygen atoms in total. The Morgan fingerprint density at radius 2 is 2.23 bits per heavy atom. The number of rotatable bonds is 6. The number of ether oxygens (including phenoxy) is 2. The van der Waals surface area contributed by atoms with Crippen molar-refractivity contribution in [2.24, 2.45) is 11.8 Å². The van der Waals surface area contributed by atoms with Crippen LogP contribution in [0.5, 0.6) is 0 Å². The molecule has 1 saturated carbocycles. The third kappa shape index (κ3) is 4.19. The van der Waals surface area contributed by atoms with Crippen LogP contribution in [0, 0.1) is 11.8 Å². The van der Waals surface area contributed by atoms with Crippen molar-refractivity contribution in [3.05, 3.63) is 0 Å². The van der Waals surface area contributed by atoms with Crippen molar-refractivity contribution in [3.63, 3.8) is 0 Å². The van der Waals surface area contributed by atoms with E-state index >= 15 is 0 Å². The Labute approximate surface area is 132 Å². The van der Waals surface area contributed by atoms with E-state index in [-0.39, 0.29) is 24.0 Å². The van der Waals surface area contributed by atoms with Gasteiger partial charge in [0.2, 0.25) is 0 Å². The first-order valence-electron chi connectivity index (χ1n) is 8.41. The first-order chi connectivity index (χ1) is 10.6. The Kier molecular flexibility index (Phi) is 6.62. The normalized spacial score (nSPS) is 36.5. The predicted octanol–water partition coefficient (Wildman–Crippen LogP) is 0.292. The van der Waals surface area contributed by atoms with E-state index in [9.17, 15) is 9.90 Å². The minimum absolute atomic E-state index is 0.0258. The summed E-state index contributed by atoms with van der Waals surface area (Å²) in [4.78, 5) is 12.3. The van der Waals surface area contributed by atoms with Gasteiger partial charge in [0, 0.05) is 32.3 Å². The fraction of sp³-hybridized carbons (Fsp3) is 0.938. The Morgan fingerprint density at radius 3 is 2.86 bits per heavy atom. The highest BCUT2D eigenvalue weighted by molar-refractivity contribution is 5.74. The lowest BCUT2D eigenvalue weighted by atomic mass is 9.71. The molecule has 0 aromatic rings. The Balaban J connectivity index is 2.11. The summed E-state index contributed by atoms with van der Waals surface area (Å²) >= 11 is 0. The van der Waals surface area contributed by atoms with Gasteiger partial charge in [0.15, 0.2) is 0 Å². The number of esters is 1. The van der Waals surface area contributed by atoms with E-state index in [4.69, 9.17) is 9.47 Å². The van der Waals surface area contributed by atoms with E-state index in [0.717, 1.165) is 19.3 Å². The number of aliphatic hydroxyl groups excluding tert-OH is 1. The van der Waals surface area contributed by atoms with Crippen LogP contribution in [0.2, 0.25) is 0 Å². The Morgan fingerprint density at radius 1 is 1.45 bits per heavy atom. The number of carbonyl (C=O) groups excluding carboxylic acids is 1. The summed E-state index contributed by atoms with van der Waals surface area (Å²) in [5, 5.41) is 16.5. The standard InChI is InChI=1S/C16H30N2O4/c1-4-22-16(20)13-9-17-14-6-5-11(21-3)7-12(14)15(13)18-8-10(2)19/h10-15,17-19H,4-9H2,1-3H3. The molecule has 2 rings (SSSR count). The van der Waals surface area contributed by atoms with E-state index < -0.39 is 6.10 Å². The molecule has 2 aliphatic rings. The molecule has 6 heteroatoms. The highest BCUT2D eigenvalue weighted by Gasteiger charge is 2.45. The van der Waals surface area contributed by atoms with Crippen LogP contribution in [-0.2, 0) is 14.3 Å². The van der Waals surface area contributed by atoms with Crippen molar-refractivity contribution in [1.82, 2.24) is 10.6 Å². The van der Waals surface area contributed by atoms with Gasteiger partial charge in [-0.05, 0) is 39.0 Å². The fourth-order valence-corrected chi connectivity index (χ4v) is 3.81. The van der Waals surface area contributed by atoms with E-state index in [1.54, 1.807) is 14.0 Å². The molecule has 0 aromatic carbocycles. The average molecular weight is 314 g/mol. The molecular weight excluding hydrogens is 284 g/mol. The van der Waals surface area contributed by atoms with Crippen LogP contribution < -0.4 is 10.6 Å². The van der Waals surface area contributed by atoms with Crippen molar-refractivity contribution in [1.29, 1.82) is 0 Å². The molecule has 0 amide bonds. The SMILES string of the molecule is CCOC(=O)C1CNC2CCC(OC)CC2C1NCC(C)O. The molecule has 0 bridgehead atoms. The molecule has 1 aliphatic heterocycles. The average Bonchev–Trinajstić information content (AvgIpc) is 2.51. The van der Waals surface area contributed by atoms with Crippen molar-refractivity contribution in [3.8, 4) is 0 Å². The van der Waals surface area contributed by atoms with Crippen molar-refractivity contribution in [2.75, 3.05) is 26.8 Å². The Bertz CT molecular complexity index is 364. The molecule has 0 radical (unpaired) electrons. The van der Waals surface area contributed by atoms with Crippen LogP contribution in [0.4, 0.5) is 0 Å². The molecule has 1 heterocycles. The van der Waals surface area contributed by atoms with Gasteiger partial charge in [-0.3, -0.25) is 4.79 Å². The number of aliphatic hydroxyl groups is 1. The predicted molar refractivity (Wildman–Crippen MR) is 83.5 cm³/mol. The van der Waals surface area contributed by atoms with E-state index in [0.29, 0.717) is 31.7 Å². The maximum Gasteiger partial charge on any atom is 0.311 e. The van der Waals surface area contributed by atoms with Gasteiger partial charge >= 0.3 is 5.97 Å². The topological polar surface area (TPSA) is 79.8 Å². The van der Waals surface area contributed by atoms with Gasteiger partial charge in [0.1, 0.15) is 0 Å². The summed E-state index contributed by atoms with van der Waals surface area (Å²) in [7, 11) is 1.75. The summed E-state index contributed by atoms with van der Waals surface area (Å²) < 4.78 is 10.8. The first-order valence-corrected chi connectivity index (χ1v) is 8.41. The molecule has 0 spiro atoms. The number of fused-ring (bicyclic) bond motifs is 1. The second-order valence-corrected chi connectivity index (χ2v) is 6.49. The second kappa shape index (κ2) is 8.24. The van der Waals surface area contributed by atoms with Gasteiger partial charge in [0.05, 0.1) is 24.7 Å². The molecule has 6 atom stereocenters. The number of piperidine rings is 1. The van der Waals surface area contributed by atoms with Crippen molar-refractivity contribution < 1.29 is 19.4 Å². The molecule has 3 N–H and O–H groups in total. The molecule has 0 aromatic heterocycles. The molecular formula is C16H30N2O4. The fourth-order valence-electron chi connectivity index (χ4n) is 3.81. The van der Waals surface area contributed by atoms with Crippen LogP contribution in [-0.4, -0.2) is 62.2 Å². The highest BCUT2D eigenvalue weighted by Crippen LogP contribution is 2.35. The van der Waals surface area contributed by atoms with E-state index in [2.05, 4.69) is 10.6 Å². The Hall–Kier alpha value is -0.690. The van der Waals surface area contributed by atoms with Crippen LogP contribution >= 0.6 is 0 Å². The molecule has 22 heavy (non-hydrogen) atoms. The van der Waals surface area contributed by atoms with Crippen molar-refractivity contribution >= 4 is 5.97 Å². The summed E-state index contributed by atoms with van der Waals surface area (Å²) in [5.41, 5.74) is 0. The van der Waals surface area contributed by atoms with E-state index in [1.165, 1.54) is 0 Å². The molecule has 2 fully saturated rings. The lowest BCUT2D eigenvalue weighted by molar-refractivity contribution is -0.151. The molecule has 128 valence electrons. The van der Waals surface area contributed by atoms with Gasteiger partial charge in [-0.15, -0.1) is 0 Å². The lowest BCUT2D eigenvalue weighted by Crippen LogP contribution is -2.63. The quantitative estimate of drug-likeness (QED) is 0.612. The summed E-state index contributed by atoms with van der Waals surface area (Å²) in [6, 6.07) is 0.432. The number of carbonyl (C=O) groups is 1. The molecule has 1 saturated heterocycles. The van der Waals surface area contributed by atoms with Crippen LogP contribution in [0.3, 0.4) is 0 Å². The van der Waals surface area contributed by atoms with Gasteiger partial charge in [-0.2, -0.15) is 0 Å². The minimum atomic E-state index is -0.432. The molecule has 6 unspecified atom stereocenters. The van der Waals surface area contributed by atoms with Gasteiger partial charge < -0.3 is 25.2 Å². The maximum absolute atomic E-state index is 12.3. The van der Waals surface area contributed by atoms with Crippen molar-refractivity contribution in [2.45, 2.75) is 57.4 Å². The van der Waals surface area contributed by atoms with Crippen LogP contribution in [0.1, 0.15) is 33.1 Å². The number of nitrogens with one attached hydrogen (secondary N) is 2. The number of hydrogen-bond acceptors (Lipinski definition) is 6. The molecule has 1 aliphatic carbocycles. The zero-order valence-electron chi connectivity index (χ0n) is 13.9. The smallest absolute Gasteiger partial charge is 0.311 e. The minimum Gasteiger partial charge on any atom is -0.466 e. The third-order valence-electron chi connectivity index (χ3n) is 4.92. The zero-order valence-corrected chi connectivity index (χ0v) is 13.9. The van der Waals surface area contributed by atoms with Crippen LogP contribution in [0.25, 0.3) is 0 Å². The maximum atomic E-state index is 12.3. The van der Waals surface area contributed by atoms with Crippen LogP contribution in [0.15, 0.2) is 0 Å². The third-order valence-corrected chi connectivity index (χ3v) is 4.92. The first kappa shape index (κ1) is 17.7. The monoisotopic (exact) mass is 314 g/mol. The number of methoxy groups -OCH3 is 1. The van der Waals surface area contributed by atoms with Gasteiger partial charge in [0.25, 0.3) is 0 Å². The zero-order chi connectivity index (χ0) is 16.1. The summed E-state index contributed by atoms with van der Waals surface area (Å²) in [6.45, 7) is 5.10. The summed E-state index contributed by atoms with van der Waals surface area (Å²) in [6.07, 6.45) is 2.86. The van der Waals surface area contributed by atoms with Gasteiger partial charge in [-0.25, -0.2) is 0 Å². The highest BCUT2D eigenvalue weighted by atomic mass is 16.5.